The summed E-state index contributed by atoms with van der Waals surface area (Å²) in [6.45, 7) is 6.69. The molecule has 0 radical (unpaired) electrons. The SMILES string of the molecule is CC1CCC(C(C)C)C(N=[N+]=[N-])C1. The van der Waals surface area contributed by atoms with E-state index < -0.39 is 0 Å². The van der Waals surface area contributed by atoms with E-state index in [1.165, 1.54) is 12.8 Å². The summed E-state index contributed by atoms with van der Waals surface area (Å²) < 4.78 is 0. The molecule has 0 saturated heterocycles. The zero-order valence-corrected chi connectivity index (χ0v) is 8.77. The molecule has 0 aromatic heterocycles. The minimum Gasteiger partial charge on any atom is -0.0903 e. The molecular formula is C10H19N3. The largest absolute Gasteiger partial charge is 0.0903 e. The molecule has 0 N–H and O–H groups in total. The van der Waals surface area contributed by atoms with E-state index in [0.717, 1.165) is 12.3 Å². The number of nitrogens with zero attached hydrogens (tertiary/aromatic N) is 3. The minimum atomic E-state index is 0.244. The van der Waals surface area contributed by atoms with E-state index in [-0.39, 0.29) is 6.04 Å². The van der Waals surface area contributed by atoms with Gasteiger partial charge < -0.3 is 0 Å². The van der Waals surface area contributed by atoms with E-state index in [9.17, 15) is 0 Å². The van der Waals surface area contributed by atoms with Crippen LogP contribution in [-0.2, 0) is 0 Å². The first-order valence-corrected chi connectivity index (χ1v) is 5.19. The average molecular weight is 181 g/mol. The third-order valence-electron chi connectivity index (χ3n) is 3.19. The summed E-state index contributed by atoms with van der Waals surface area (Å²) in [4.78, 5) is 2.95. The maximum Gasteiger partial charge on any atom is 0.0407 e. The first-order chi connectivity index (χ1) is 6.15. The van der Waals surface area contributed by atoms with Gasteiger partial charge in [-0.15, -0.1) is 0 Å². The molecule has 3 atom stereocenters. The fourth-order valence-electron chi connectivity index (χ4n) is 2.35. The molecule has 1 fully saturated rings. The molecule has 13 heavy (non-hydrogen) atoms. The highest BCUT2D eigenvalue weighted by atomic mass is 15.2. The van der Waals surface area contributed by atoms with E-state index in [1.54, 1.807) is 0 Å². The van der Waals surface area contributed by atoms with Crippen LogP contribution in [0.4, 0.5) is 0 Å². The molecule has 1 aliphatic rings. The third-order valence-corrected chi connectivity index (χ3v) is 3.19. The van der Waals surface area contributed by atoms with Gasteiger partial charge in [0.15, 0.2) is 0 Å². The Bertz CT molecular complexity index is 206. The van der Waals surface area contributed by atoms with Gasteiger partial charge in [-0.05, 0) is 36.1 Å². The zero-order valence-electron chi connectivity index (χ0n) is 8.77. The van der Waals surface area contributed by atoms with Crippen LogP contribution in [0.5, 0.6) is 0 Å². The third kappa shape index (κ3) is 2.63. The highest BCUT2D eigenvalue weighted by Gasteiger charge is 2.29. The van der Waals surface area contributed by atoms with Gasteiger partial charge in [0.1, 0.15) is 0 Å². The Kier molecular flexibility index (Phi) is 3.61. The second kappa shape index (κ2) is 4.52. The Morgan fingerprint density at radius 3 is 2.62 bits per heavy atom. The highest BCUT2D eigenvalue weighted by molar-refractivity contribution is 4.85. The lowest BCUT2D eigenvalue weighted by Gasteiger charge is -2.34. The lowest BCUT2D eigenvalue weighted by molar-refractivity contribution is 0.199. The summed E-state index contributed by atoms with van der Waals surface area (Å²) in [5.41, 5.74) is 8.46. The van der Waals surface area contributed by atoms with Crippen molar-refractivity contribution in [1.82, 2.24) is 0 Å². The predicted octanol–water partition coefficient (Wildman–Crippen LogP) is 3.76. The van der Waals surface area contributed by atoms with Gasteiger partial charge in [-0.2, -0.15) is 0 Å². The van der Waals surface area contributed by atoms with E-state index in [2.05, 4.69) is 30.8 Å². The molecule has 0 aliphatic heterocycles. The molecule has 3 unspecified atom stereocenters. The Balaban J connectivity index is 2.65. The average Bonchev–Trinajstić information content (AvgIpc) is 2.04. The van der Waals surface area contributed by atoms with Gasteiger partial charge in [-0.1, -0.05) is 32.3 Å². The Morgan fingerprint density at radius 2 is 2.08 bits per heavy atom. The minimum absolute atomic E-state index is 0.244. The van der Waals surface area contributed by atoms with Crippen LogP contribution >= 0.6 is 0 Å². The Morgan fingerprint density at radius 1 is 1.38 bits per heavy atom. The summed E-state index contributed by atoms with van der Waals surface area (Å²) in [7, 11) is 0. The Labute approximate surface area is 80.2 Å². The number of hydrogen-bond acceptors (Lipinski definition) is 1. The van der Waals surface area contributed by atoms with Crippen molar-refractivity contribution in [2.75, 3.05) is 0 Å². The van der Waals surface area contributed by atoms with Crippen LogP contribution in [0.15, 0.2) is 5.11 Å². The number of hydrogen-bond donors (Lipinski definition) is 0. The quantitative estimate of drug-likeness (QED) is 0.354. The van der Waals surface area contributed by atoms with Crippen LogP contribution in [0.25, 0.3) is 10.4 Å². The van der Waals surface area contributed by atoms with Crippen LogP contribution in [0.2, 0.25) is 0 Å². The molecule has 0 amide bonds. The molecule has 0 aromatic rings. The van der Waals surface area contributed by atoms with Gasteiger partial charge in [0, 0.05) is 11.0 Å². The summed E-state index contributed by atoms with van der Waals surface area (Å²) in [6.07, 6.45) is 3.59. The lowest BCUT2D eigenvalue weighted by Crippen LogP contribution is -2.30. The summed E-state index contributed by atoms with van der Waals surface area (Å²) in [6, 6.07) is 0.244. The lowest BCUT2D eigenvalue weighted by atomic mass is 9.74. The molecule has 0 spiro atoms. The van der Waals surface area contributed by atoms with Crippen molar-refractivity contribution < 1.29 is 0 Å². The van der Waals surface area contributed by atoms with E-state index in [1.807, 2.05) is 0 Å². The molecule has 0 heterocycles. The van der Waals surface area contributed by atoms with Crippen molar-refractivity contribution >= 4 is 0 Å². The summed E-state index contributed by atoms with van der Waals surface area (Å²) in [5, 5.41) is 3.92. The van der Waals surface area contributed by atoms with Gasteiger partial charge in [-0.3, -0.25) is 0 Å². The van der Waals surface area contributed by atoms with Crippen LogP contribution in [0.1, 0.15) is 40.0 Å². The Hall–Kier alpha value is -0.690. The standard InChI is InChI=1S/C10H19N3/c1-7(2)9-5-4-8(3)6-10(9)12-13-11/h7-10H,4-6H2,1-3H3. The molecule has 0 bridgehead atoms. The van der Waals surface area contributed by atoms with Gasteiger partial charge in [-0.25, -0.2) is 0 Å². The van der Waals surface area contributed by atoms with Crippen molar-refractivity contribution in [3.8, 4) is 0 Å². The summed E-state index contributed by atoms with van der Waals surface area (Å²) >= 11 is 0. The van der Waals surface area contributed by atoms with E-state index in [4.69, 9.17) is 5.53 Å². The maximum atomic E-state index is 8.46. The monoisotopic (exact) mass is 181 g/mol. The van der Waals surface area contributed by atoms with Crippen molar-refractivity contribution in [2.45, 2.75) is 46.1 Å². The number of rotatable bonds is 2. The van der Waals surface area contributed by atoms with Crippen LogP contribution < -0.4 is 0 Å². The molecule has 74 valence electrons. The van der Waals surface area contributed by atoms with Crippen LogP contribution in [-0.4, -0.2) is 6.04 Å². The molecule has 1 saturated carbocycles. The van der Waals surface area contributed by atoms with Gasteiger partial charge in [0.05, 0.1) is 0 Å². The zero-order chi connectivity index (χ0) is 9.84. The van der Waals surface area contributed by atoms with Crippen molar-refractivity contribution in [2.24, 2.45) is 22.9 Å². The normalized spacial score (nSPS) is 34.3. The molecule has 3 nitrogen and oxygen atoms in total. The predicted molar refractivity (Wildman–Crippen MR) is 54.3 cm³/mol. The van der Waals surface area contributed by atoms with E-state index >= 15 is 0 Å². The fraction of sp³-hybridized carbons (Fsp3) is 1.00. The van der Waals surface area contributed by atoms with Gasteiger partial charge in [0.2, 0.25) is 0 Å². The summed E-state index contributed by atoms with van der Waals surface area (Å²) in [5.74, 6) is 1.97. The topological polar surface area (TPSA) is 48.8 Å². The molecule has 0 aromatic carbocycles. The molecule has 3 heteroatoms. The smallest absolute Gasteiger partial charge is 0.0407 e. The number of azide groups is 1. The second-order valence-electron chi connectivity index (χ2n) is 4.60. The van der Waals surface area contributed by atoms with E-state index in [0.29, 0.717) is 11.8 Å². The first kappa shape index (κ1) is 10.4. The fourth-order valence-corrected chi connectivity index (χ4v) is 2.35. The molecule has 1 rings (SSSR count). The first-order valence-electron chi connectivity index (χ1n) is 5.19. The van der Waals surface area contributed by atoms with Crippen LogP contribution in [0, 0.1) is 17.8 Å². The van der Waals surface area contributed by atoms with Crippen molar-refractivity contribution in [3.63, 3.8) is 0 Å². The maximum absolute atomic E-state index is 8.46. The van der Waals surface area contributed by atoms with Gasteiger partial charge >= 0.3 is 0 Å². The van der Waals surface area contributed by atoms with Crippen molar-refractivity contribution in [1.29, 1.82) is 0 Å². The molecule has 1 aliphatic carbocycles. The van der Waals surface area contributed by atoms with Gasteiger partial charge in [0.25, 0.3) is 0 Å². The van der Waals surface area contributed by atoms with Crippen molar-refractivity contribution in [3.05, 3.63) is 10.4 Å². The van der Waals surface area contributed by atoms with Crippen LogP contribution in [0.3, 0.4) is 0 Å². The highest BCUT2D eigenvalue weighted by Crippen LogP contribution is 2.35. The second-order valence-corrected chi connectivity index (χ2v) is 4.60. The molecular weight excluding hydrogens is 162 g/mol.